The second-order valence-corrected chi connectivity index (χ2v) is 7.65. The van der Waals surface area contributed by atoms with E-state index in [1.54, 1.807) is 36.1 Å². The van der Waals surface area contributed by atoms with E-state index >= 15 is 0 Å². The van der Waals surface area contributed by atoms with E-state index in [9.17, 15) is 14.4 Å². The second kappa shape index (κ2) is 9.59. The summed E-state index contributed by atoms with van der Waals surface area (Å²) in [6, 6.07) is 14.3. The summed E-state index contributed by atoms with van der Waals surface area (Å²) >= 11 is 6.06. The van der Waals surface area contributed by atoms with Gasteiger partial charge in [0.15, 0.2) is 5.78 Å². The number of amides is 2. The van der Waals surface area contributed by atoms with Gasteiger partial charge in [0.1, 0.15) is 0 Å². The van der Waals surface area contributed by atoms with E-state index in [0.29, 0.717) is 48.0 Å². The fourth-order valence-corrected chi connectivity index (χ4v) is 3.50. The van der Waals surface area contributed by atoms with Crippen LogP contribution < -0.4 is 10.2 Å². The van der Waals surface area contributed by atoms with Crippen LogP contribution in [-0.2, 0) is 9.59 Å². The molecule has 0 aliphatic carbocycles. The molecule has 1 aliphatic heterocycles. The molecule has 0 bridgehead atoms. The Morgan fingerprint density at radius 1 is 0.967 bits per heavy atom. The molecule has 156 valence electrons. The molecule has 1 N–H and O–H groups in total. The number of rotatable bonds is 5. The predicted octanol–water partition coefficient (Wildman–Crippen LogP) is 3.78. The van der Waals surface area contributed by atoms with Gasteiger partial charge >= 0.3 is 0 Å². The van der Waals surface area contributed by atoms with Gasteiger partial charge in [-0.15, -0.1) is 0 Å². The van der Waals surface area contributed by atoms with Gasteiger partial charge in [0.05, 0.1) is 0 Å². The van der Waals surface area contributed by atoms with Crippen molar-refractivity contribution in [2.24, 2.45) is 0 Å². The number of Topliss-reactive ketones (excluding diaryl/α,β-unsaturated/α-hetero) is 1. The van der Waals surface area contributed by atoms with Crippen molar-refractivity contribution in [2.75, 3.05) is 36.4 Å². The van der Waals surface area contributed by atoms with E-state index in [1.807, 2.05) is 24.3 Å². The summed E-state index contributed by atoms with van der Waals surface area (Å²) < 4.78 is 0. The van der Waals surface area contributed by atoms with Crippen molar-refractivity contribution in [3.05, 3.63) is 70.8 Å². The number of benzene rings is 2. The standard InChI is InChI=1S/C23H24ClN3O3/c1-16(14-22(29)25-20-8-6-18(7-9-20)17(2)28)23(30)27-12-10-26(11-13-27)21-5-3-4-19(24)15-21/h3-9,14-15H,10-13H2,1-2H3,(H,25,29)/b16-14-. The lowest BCUT2D eigenvalue weighted by atomic mass is 10.1. The second-order valence-electron chi connectivity index (χ2n) is 7.21. The van der Waals surface area contributed by atoms with E-state index in [2.05, 4.69) is 10.2 Å². The third-order valence-corrected chi connectivity index (χ3v) is 5.22. The average Bonchev–Trinajstić information content (AvgIpc) is 2.73. The number of anilines is 2. The zero-order valence-electron chi connectivity index (χ0n) is 17.0. The molecule has 0 radical (unpaired) electrons. The summed E-state index contributed by atoms with van der Waals surface area (Å²) in [6.07, 6.45) is 1.31. The molecule has 7 heteroatoms. The molecule has 0 spiro atoms. The molecule has 6 nitrogen and oxygen atoms in total. The van der Waals surface area contributed by atoms with Crippen LogP contribution in [0.25, 0.3) is 0 Å². The smallest absolute Gasteiger partial charge is 0.249 e. The predicted molar refractivity (Wildman–Crippen MR) is 119 cm³/mol. The third kappa shape index (κ3) is 5.48. The van der Waals surface area contributed by atoms with Crippen LogP contribution in [0.5, 0.6) is 0 Å². The fourth-order valence-electron chi connectivity index (χ4n) is 3.31. The van der Waals surface area contributed by atoms with Gasteiger partial charge in [-0.25, -0.2) is 0 Å². The van der Waals surface area contributed by atoms with E-state index in [-0.39, 0.29) is 17.6 Å². The molecule has 2 amide bonds. The van der Waals surface area contributed by atoms with Gasteiger partial charge in [-0.05, 0) is 56.3 Å². The van der Waals surface area contributed by atoms with Gasteiger partial charge in [0.2, 0.25) is 11.8 Å². The quantitative estimate of drug-likeness (QED) is 0.584. The number of nitrogens with one attached hydrogen (secondary N) is 1. The van der Waals surface area contributed by atoms with Crippen molar-refractivity contribution >= 4 is 40.6 Å². The van der Waals surface area contributed by atoms with Crippen LogP contribution in [0.3, 0.4) is 0 Å². The lowest BCUT2D eigenvalue weighted by Crippen LogP contribution is -2.49. The Labute approximate surface area is 181 Å². The van der Waals surface area contributed by atoms with Gasteiger partial charge in [0.25, 0.3) is 0 Å². The first kappa shape index (κ1) is 21.6. The Hall–Kier alpha value is -3.12. The molecule has 3 rings (SSSR count). The van der Waals surface area contributed by atoms with Crippen LogP contribution >= 0.6 is 11.6 Å². The van der Waals surface area contributed by atoms with Crippen LogP contribution in [0, 0.1) is 0 Å². The van der Waals surface area contributed by atoms with Crippen molar-refractivity contribution in [1.29, 1.82) is 0 Å². The monoisotopic (exact) mass is 425 g/mol. The molecule has 0 atom stereocenters. The molecule has 2 aromatic rings. The normalized spacial score (nSPS) is 14.4. The van der Waals surface area contributed by atoms with Gasteiger partial charge < -0.3 is 15.1 Å². The number of hydrogen-bond donors (Lipinski definition) is 1. The number of ketones is 1. The minimum Gasteiger partial charge on any atom is -0.368 e. The highest BCUT2D eigenvalue weighted by Crippen LogP contribution is 2.21. The molecule has 30 heavy (non-hydrogen) atoms. The zero-order chi connectivity index (χ0) is 21.7. The maximum atomic E-state index is 12.7. The molecule has 1 fully saturated rings. The van der Waals surface area contributed by atoms with Crippen LogP contribution in [0.2, 0.25) is 5.02 Å². The average molecular weight is 426 g/mol. The highest BCUT2D eigenvalue weighted by Gasteiger charge is 2.22. The number of carbonyl (C=O) groups is 3. The Balaban J connectivity index is 1.55. The Bertz CT molecular complexity index is 977. The minimum absolute atomic E-state index is 0.0373. The van der Waals surface area contributed by atoms with E-state index in [4.69, 9.17) is 11.6 Å². The van der Waals surface area contributed by atoms with Crippen LogP contribution in [-0.4, -0.2) is 48.7 Å². The van der Waals surface area contributed by atoms with Crippen molar-refractivity contribution in [3.63, 3.8) is 0 Å². The first-order chi connectivity index (χ1) is 14.3. The summed E-state index contributed by atoms with van der Waals surface area (Å²) in [4.78, 5) is 40.2. The Morgan fingerprint density at radius 2 is 1.63 bits per heavy atom. The summed E-state index contributed by atoms with van der Waals surface area (Å²) in [7, 11) is 0. The van der Waals surface area contributed by atoms with E-state index in [0.717, 1.165) is 5.69 Å². The topological polar surface area (TPSA) is 69.7 Å². The Morgan fingerprint density at radius 3 is 2.23 bits per heavy atom. The highest BCUT2D eigenvalue weighted by atomic mass is 35.5. The lowest BCUT2D eigenvalue weighted by molar-refractivity contribution is -0.127. The fraction of sp³-hybridized carbons (Fsp3) is 0.261. The summed E-state index contributed by atoms with van der Waals surface area (Å²) in [5.74, 6) is -0.568. The SMILES string of the molecule is CC(=O)c1ccc(NC(=O)/C=C(/C)C(=O)N2CCN(c3cccc(Cl)c3)CC2)cc1. The third-order valence-electron chi connectivity index (χ3n) is 4.98. The van der Waals surface area contributed by atoms with Crippen molar-refractivity contribution in [2.45, 2.75) is 13.8 Å². The maximum absolute atomic E-state index is 12.7. The number of nitrogens with zero attached hydrogens (tertiary/aromatic N) is 2. The highest BCUT2D eigenvalue weighted by molar-refractivity contribution is 6.30. The first-order valence-corrected chi connectivity index (χ1v) is 10.1. The maximum Gasteiger partial charge on any atom is 0.249 e. The molecule has 1 heterocycles. The number of carbonyl (C=O) groups excluding carboxylic acids is 3. The number of piperazine rings is 1. The van der Waals surface area contributed by atoms with E-state index in [1.165, 1.54) is 13.0 Å². The van der Waals surface area contributed by atoms with Gasteiger partial charge in [-0.3, -0.25) is 14.4 Å². The molecular weight excluding hydrogens is 402 g/mol. The largest absolute Gasteiger partial charge is 0.368 e. The number of hydrogen-bond acceptors (Lipinski definition) is 4. The van der Waals surface area contributed by atoms with Crippen LogP contribution in [0.4, 0.5) is 11.4 Å². The van der Waals surface area contributed by atoms with Crippen molar-refractivity contribution in [1.82, 2.24) is 4.90 Å². The molecule has 0 saturated carbocycles. The van der Waals surface area contributed by atoms with Crippen LogP contribution in [0.15, 0.2) is 60.2 Å². The van der Waals surface area contributed by atoms with Gasteiger partial charge in [0, 0.05) is 59.8 Å². The number of halogens is 1. The van der Waals surface area contributed by atoms with E-state index < -0.39 is 0 Å². The summed E-state index contributed by atoms with van der Waals surface area (Å²) in [6.45, 7) is 5.68. The zero-order valence-corrected chi connectivity index (χ0v) is 17.8. The molecule has 1 saturated heterocycles. The molecule has 0 aromatic heterocycles. The minimum atomic E-state index is -0.381. The first-order valence-electron chi connectivity index (χ1n) is 9.73. The molecule has 0 unspecified atom stereocenters. The lowest BCUT2D eigenvalue weighted by Gasteiger charge is -2.36. The molecule has 2 aromatic carbocycles. The van der Waals surface area contributed by atoms with Crippen molar-refractivity contribution < 1.29 is 14.4 Å². The van der Waals surface area contributed by atoms with Crippen molar-refractivity contribution in [3.8, 4) is 0 Å². The van der Waals surface area contributed by atoms with Crippen LogP contribution in [0.1, 0.15) is 24.2 Å². The van der Waals surface area contributed by atoms with Gasteiger partial charge in [-0.2, -0.15) is 0 Å². The Kier molecular flexibility index (Phi) is 6.90. The summed E-state index contributed by atoms with van der Waals surface area (Å²) in [5, 5.41) is 3.40. The molecular formula is C23H24ClN3O3. The van der Waals surface area contributed by atoms with Gasteiger partial charge in [-0.1, -0.05) is 17.7 Å². The molecule has 1 aliphatic rings. The summed E-state index contributed by atoms with van der Waals surface area (Å²) in [5.41, 5.74) is 2.56.